The van der Waals surface area contributed by atoms with Crippen LogP contribution in [0.2, 0.25) is 0 Å². The van der Waals surface area contributed by atoms with E-state index in [1.54, 1.807) is 12.1 Å². The van der Waals surface area contributed by atoms with Gasteiger partial charge >= 0.3 is 6.18 Å². The zero-order valence-corrected chi connectivity index (χ0v) is 17.6. The van der Waals surface area contributed by atoms with Gasteiger partial charge in [0.05, 0.1) is 23.6 Å². The van der Waals surface area contributed by atoms with Gasteiger partial charge in [0.25, 0.3) is 0 Å². The van der Waals surface area contributed by atoms with Crippen LogP contribution in [0.4, 0.5) is 18.9 Å². The molecule has 0 atom stereocenters. The predicted octanol–water partition coefficient (Wildman–Crippen LogP) is 3.60. The number of benzene rings is 2. The van der Waals surface area contributed by atoms with E-state index < -0.39 is 34.2 Å². The molecular formula is C20H23F3N2O4S. The molecule has 0 unspecified atom stereocenters. The van der Waals surface area contributed by atoms with Crippen LogP contribution < -0.4 is 5.32 Å². The molecule has 0 aliphatic heterocycles. The van der Waals surface area contributed by atoms with Crippen molar-refractivity contribution in [3.63, 3.8) is 0 Å². The highest BCUT2D eigenvalue weighted by Crippen LogP contribution is 2.30. The van der Waals surface area contributed by atoms with Crippen molar-refractivity contribution in [3.05, 3.63) is 59.2 Å². The lowest BCUT2D eigenvalue weighted by Crippen LogP contribution is -2.40. The van der Waals surface area contributed by atoms with E-state index in [9.17, 15) is 26.4 Å². The number of nitrogens with one attached hydrogen (secondary N) is 1. The monoisotopic (exact) mass is 444 g/mol. The molecule has 0 heterocycles. The first-order chi connectivity index (χ1) is 14.0. The Morgan fingerprint density at radius 1 is 1.10 bits per heavy atom. The molecule has 2 aromatic carbocycles. The Morgan fingerprint density at radius 2 is 1.73 bits per heavy atom. The minimum Gasteiger partial charge on any atom is -0.383 e. The predicted molar refractivity (Wildman–Crippen MR) is 107 cm³/mol. The number of amides is 1. The lowest BCUT2D eigenvalue weighted by molar-refractivity contribution is -0.137. The van der Waals surface area contributed by atoms with Crippen molar-refractivity contribution in [1.82, 2.24) is 4.31 Å². The average Bonchev–Trinajstić information content (AvgIpc) is 2.68. The molecule has 0 aliphatic carbocycles. The van der Waals surface area contributed by atoms with E-state index in [1.165, 1.54) is 7.11 Å². The van der Waals surface area contributed by atoms with Crippen molar-refractivity contribution in [2.24, 2.45) is 0 Å². The van der Waals surface area contributed by atoms with Crippen molar-refractivity contribution in [2.75, 3.05) is 32.1 Å². The highest BCUT2D eigenvalue weighted by molar-refractivity contribution is 7.89. The second-order valence-electron chi connectivity index (χ2n) is 6.65. The molecule has 164 valence electrons. The standard InChI is InChI=1S/C20H23F3N2O4S/c1-14-5-4-6-18(15(14)2)24-19(26)13-25(11-12-29-3)30(27,28)17-9-7-16(8-10-17)20(21,22)23/h4-10H,11-13H2,1-3H3,(H,24,26). The lowest BCUT2D eigenvalue weighted by atomic mass is 10.1. The molecule has 2 rings (SSSR count). The number of alkyl halides is 3. The third-order valence-electron chi connectivity index (χ3n) is 4.56. The lowest BCUT2D eigenvalue weighted by Gasteiger charge is -2.22. The van der Waals surface area contributed by atoms with E-state index in [0.29, 0.717) is 17.8 Å². The molecular weight excluding hydrogens is 421 g/mol. The van der Waals surface area contributed by atoms with Crippen LogP contribution in [0.3, 0.4) is 0 Å². The molecule has 0 bridgehead atoms. The van der Waals surface area contributed by atoms with Crippen LogP contribution in [-0.4, -0.2) is 45.4 Å². The fourth-order valence-electron chi connectivity index (χ4n) is 2.68. The van der Waals surface area contributed by atoms with Crippen LogP contribution in [0.15, 0.2) is 47.4 Å². The van der Waals surface area contributed by atoms with Gasteiger partial charge in [0.1, 0.15) is 0 Å². The summed E-state index contributed by atoms with van der Waals surface area (Å²) in [7, 11) is -2.84. The smallest absolute Gasteiger partial charge is 0.383 e. The number of nitrogens with zero attached hydrogens (tertiary/aromatic N) is 1. The summed E-state index contributed by atoms with van der Waals surface area (Å²) in [6, 6.07) is 8.48. The first kappa shape index (κ1) is 23.8. The molecule has 0 radical (unpaired) electrons. The minimum atomic E-state index is -4.58. The second kappa shape index (κ2) is 9.59. The number of hydrogen-bond donors (Lipinski definition) is 1. The molecule has 0 saturated heterocycles. The quantitative estimate of drug-likeness (QED) is 0.675. The molecule has 30 heavy (non-hydrogen) atoms. The Labute approximate surface area is 173 Å². The van der Waals surface area contributed by atoms with E-state index >= 15 is 0 Å². The number of aryl methyl sites for hydroxylation is 1. The first-order valence-corrected chi connectivity index (χ1v) is 10.4. The van der Waals surface area contributed by atoms with E-state index in [1.807, 2.05) is 19.9 Å². The number of hydrogen-bond acceptors (Lipinski definition) is 4. The van der Waals surface area contributed by atoms with Crippen molar-refractivity contribution in [2.45, 2.75) is 24.9 Å². The van der Waals surface area contributed by atoms with Gasteiger partial charge in [-0.2, -0.15) is 17.5 Å². The van der Waals surface area contributed by atoms with Crippen LogP contribution in [0, 0.1) is 13.8 Å². The topological polar surface area (TPSA) is 75.7 Å². The molecule has 1 N–H and O–H groups in total. The Bertz CT molecular complexity index is 990. The van der Waals surface area contributed by atoms with Gasteiger partial charge in [-0.25, -0.2) is 8.42 Å². The van der Waals surface area contributed by atoms with E-state index in [0.717, 1.165) is 27.6 Å². The van der Waals surface area contributed by atoms with Gasteiger partial charge in [-0.3, -0.25) is 4.79 Å². The van der Waals surface area contributed by atoms with Crippen LogP contribution in [0.5, 0.6) is 0 Å². The average molecular weight is 444 g/mol. The highest BCUT2D eigenvalue weighted by atomic mass is 32.2. The molecule has 0 spiro atoms. The SMILES string of the molecule is COCCN(CC(=O)Nc1cccc(C)c1C)S(=O)(=O)c1ccc(C(F)(F)F)cc1. The number of carbonyl (C=O) groups is 1. The first-order valence-electron chi connectivity index (χ1n) is 8.99. The van der Waals surface area contributed by atoms with Gasteiger partial charge in [-0.1, -0.05) is 12.1 Å². The summed E-state index contributed by atoms with van der Waals surface area (Å²) in [5.41, 5.74) is 1.40. The summed E-state index contributed by atoms with van der Waals surface area (Å²) in [6.45, 7) is 3.06. The van der Waals surface area contributed by atoms with Gasteiger partial charge in [0.2, 0.25) is 15.9 Å². The molecule has 1 amide bonds. The number of halogens is 3. The van der Waals surface area contributed by atoms with Gasteiger partial charge < -0.3 is 10.1 Å². The zero-order valence-electron chi connectivity index (χ0n) is 16.8. The van der Waals surface area contributed by atoms with Gasteiger partial charge in [-0.15, -0.1) is 0 Å². The Hall–Kier alpha value is -2.43. The van der Waals surface area contributed by atoms with Gasteiger partial charge in [-0.05, 0) is 55.3 Å². The normalized spacial score (nSPS) is 12.2. The highest BCUT2D eigenvalue weighted by Gasteiger charge is 2.32. The number of anilines is 1. The van der Waals surface area contributed by atoms with E-state index in [4.69, 9.17) is 4.74 Å². The molecule has 6 nitrogen and oxygen atoms in total. The fourth-order valence-corrected chi connectivity index (χ4v) is 4.06. The van der Waals surface area contributed by atoms with E-state index in [-0.39, 0.29) is 18.0 Å². The summed E-state index contributed by atoms with van der Waals surface area (Å²) in [6.07, 6.45) is -4.58. The van der Waals surface area contributed by atoms with E-state index in [2.05, 4.69) is 5.32 Å². The maximum atomic E-state index is 12.9. The maximum absolute atomic E-state index is 12.9. The molecule has 0 saturated carbocycles. The summed E-state index contributed by atoms with van der Waals surface area (Å²) in [4.78, 5) is 12.2. The number of sulfonamides is 1. The third kappa shape index (κ3) is 5.80. The Kier molecular flexibility index (Phi) is 7.62. The summed E-state index contributed by atoms with van der Waals surface area (Å²) in [5.74, 6) is -0.574. The van der Waals surface area contributed by atoms with Crippen LogP contribution in [0.1, 0.15) is 16.7 Å². The van der Waals surface area contributed by atoms with Crippen molar-refractivity contribution < 1.29 is 31.1 Å². The van der Waals surface area contributed by atoms with Crippen LogP contribution in [-0.2, 0) is 25.7 Å². The summed E-state index contributed by atoms with van der Waals surface area (Å²) in [5, 5.41) is 2.68. The fraction of sp³-hybridized carbons (Fsp3) is 0.350. The number of carbonyl (C=O) groups excluding carboxylic acids is 1. The van der Waals surface area contributed by atoms with Crippen molar-refractivity contribution in [1.29, 1.82) is 0 Å². The summed E-state index contributed by atoms with van der Waals surface area (Å²) >= 11 is 0. The largest absolute Gasteiger partial charge is 0.416 e. The Balaban J connectivity index is 2.25. The molecule has 10 heteroatoms. The third-order valence-corrected chi connectivity index (χ3v) is 6.42. The van der Waals surface area contributed by atoms with Crippen molar-refractivity contribution in [3.8, 4) is 0 Å². The van der Waals surface area contributed by atoms with Gasteiger partial charge in [0, 0.05) is 19.3 Å². The van der Waals surface area contributed by atoms with Crippen LogP contribution >= 0.6 is 0 Å². The summed E-state index contributed by atoms with van der Waals surface area (Å²) < 4.78 is 69.9. The number of ether oxygens (including phenoxy) is 1. The number of methoxy groups -OCH3 is 1. The zero-order chi connectivity index (χ0) is 22.5. The van der Waals surface area contributed by atoms with Crippen molar-refractivity contribution >= 4 is 21.6 Å². The molecule has 0 aromatic heterocycles. The number of rotatable bonds is 8. The minimum absolute atomic E-state index is 0.0105. The maximum Gasteiger partial charge on any atom is 0.416 e. The molecule has 2 aromatic rings. The molecule has 0 aliphatic rings. The Morgan fingerprint density at radius 3 is 2.30 bits per heavy atom. The van der Waals surface area contributed by atoms with Crippen LogP contribution in [0.25, 0.3) is 0 Å². The van der Waals surface area contributed by atoms with Gasteiger partial charge in [0.15, 0.2) is 0 Å². The molecule has 0 fully saturated rings. The second-order valence-corrected chi connectivity index (χ2v) is 8.59.